The molecule has 0 radical (unpaired) electrons. The van der Waals surface area contributed by atoms with Crippen LogP contribution in [0.1, 0.15) is 18.9 Å². The summed E-state index contributed by atoms with van der Waals surface area (Å²) in [6.45, 7) is 2.57. The number of rotatable bonds is 6. The van der Waals surface area contributed by atoms with Gasteiger partial charge in [0.25, 0.3) is 0 Å². The topological polar surface area (TPSA) is 53.5 Å². The van der Waals surface area contributed by atoms with Gasteiger partial charge in [0.2, 0.25) is 6.29 Å². The molecule has 0 atom stereocenters. The molecule has 0 saturated carbocycles. The maximum absolute atomic E-state index is 5.48. The maximum atomic E-state index is 5.48. The molecule has 1 aromatic carbocycles. The van der Waals surface area contributed by atoms with Crippen molar-refractivity contribution in [3.05, 3.63) is 42.2 Å². The van der Waals surface area contributed by atoms with Crippen LogP contribution in [0.4, 0.5) is 0 Å². The molecule has 0 spiro atoms. The van der Waals surface area contributed by atoms with Gasteiger partial charge in [-0.05, 0) is 25.1 Å². The molecule has 1 heterocycles. The molecular formula is C15H18N2O3. The van der Waals surface area contributed by atoms with Gasteiger partial charge >= 0.3 is 0 Å². The van der Waals surface area contributed by atoms with Gasteiger partial charge in [0, 0.05) is 26.0 Å². The first kappa shape index (κ1) is 14.4. The first-order valence-electron chi connectivity index (χ1n) is 6.40. The molecule has 0 aliphatic rings. The van der Waals surface area contributed by atoms with Gasteiger partial charge in [0.1, 0.15) is 11.4 Å². The first-order chi connectivity index (χ1) is 9.78. The van der Waals surface area contributed by atoms with Crippen LogP contribution in [0.25, 0.3) is 11.4 Å². The maximum Gasteiger partial charge on any atom is 0.200 e. The van der Waals surface area contributed by atoms with Gasteiger partial charge < -0.3 is 14.2 Å². The van der Waals surface area contributed by atoms with Crippen LogP contribution in [-0.4, -0.2) is 30.8 Å². The van der Waals surface area contributed by atoms with Crippen molar-refractivity contribution < 1.29 is 14.2 Å². The number of aromatic nitrogens is 2. The molecular weight excluding hydrogens is 256 g/mol. The summed E-state index contributed by atoms with van der Waals surface area (Å²) < 4.78 is 15.9. The Bertz CT molecular complexity index is 556. The van der Waals surface area contributed by atoms with Crippen LogP contribution in [0.5, 0.6) is 5.75 Å². The van der Waals surface area contributed by atoms with E-state index >= 15 is 0 Å². The van der Waals surface area contributed by atoms with Crippen molar-refractivity contribution in [2.45, 2.75) is 13.2 Å². The lowest BCUT2D eigenvalue weighted by Gasteiger charge is -2.13. The predicted molar refractivity (Wildman–Crippen MR) is 75.4 cm³/mol. The quantitative estimate of drug-likeness (QED) is 0.758. The Labute approximate surface area is 118 Å². The van der Waals surface area contributed by atoms with Crippen molar-refractivity contribution in [3.8, 4) is 17.1 Å². The summed E-state index contributed by atoms with van der Waals surface area (Å²) in [5.74, 6) is 1.41. The largest absolute Gasteiger partial charge is 0.494 e. The second-order valence-electron chi connectivity index (χ2n) is 4.07. The summed E-state index contributed by atoms with van der Waals surface area (Å²) in [7, 11) is 3.15. The molecule has 5 heteroatoms. The lowest BCUT2D eigenvalue weighted by atomic mass is 10.2. The summed E-state index contributed by atoms with van der Waals surface area (Å²) in [4.78, 5) is 8.75. The van der Waals surface area contributed by atoms with Crippen molar-refractivity contribution in [1.29, 1.82) is 0 Å². The third-order valence-corrected chi connectivity index (χ3v) is 2.75. The molecule has 0 aliphatic carbocycles. The van der Waals surface area contributed by atoms with E-state index in [9.17, 15) is 0 Å². The van der Waals surface area contributed by atoms with Crippen molar-refractivity contribution in [2.24, 2.45) is 0 Å². The van der Waals surface area contributed by atoms with E-state index in [1.54, 1.807) is 26.5 Å². The molecule has 0 unspecified atom stereocenters. The molecule has 20 heavy (non-hydrogen) atoms. The van der Waals surface area contributed by atoms with E-state index in [1.807, 2.05) is 31.2 Å². The Balaban J connectivity index is 2.33. The molecule has 0 fully saturated rings. The van der Waals surface area contributed by atoms with Gasteiger partial charge in [-0.15, -0.1) is 0 Å². The second-order valence-corrected chi connectivity index (χ2v) is 4.07. The van der Waals surface area contributed by atoms with E-state index in [-0.39, 0.29) is 0 Å². The molecule has 0 saturated heterocycles. The minimum atomic E-state index is -0.494. The van der Waals surface area contributed by atoms with E-state index < -0.39 is 6.29 Å². The third kappa shape index (κ3) is 3.31. The van der Waals surface area contributed by atoms with Gasteiger partial charge in [-0.3, -0.25) is 0 Å². The highest BCUT2D eigenvalue weighted by Crippen LogP contribution is 2.23. The van der Waals surface area contributed by atoms with Crippen LogP contribution in [0.2, 0.25) is 0 Å². The van der Waals surface area contributed by atoms with E-state index in [4.69, 9.17) is 14.2 Å². The number of methoxy groups -OCH3 is 2. The highest BCUT2D eigenvalue weighted by atomic mass is 16.7. The minimum absolute atomic E-state index is 0.494. The third-order valence-electron chi connectivity index (χ3n) is 2.75. The zero-order chi connectivity index (χ0) is 14.4. The summed E-state index contributed by atoms with van der Waals surface area (Å²) >= 11 is 0. The van der Waals surface area contributed by atoms with Gasteiger partial charge in [-0.2, -0.15) is 0 Å². The molecule has 0 aliphatic heterocycles. The minimum Gasteiger partial charge on any atom is -0.494 e. The van der Waals surface area contributed by atoms with Crippen LogP contribution in [0.15, 0.2) is 36.5 Å². The second kappa shape index (κ2) is 6.98. The molecule has 0 bridgehead atoms. The highest BCUT2D eigenvalue weighted by Gasteiger charge is 2.12. The predicted octanol–water partition coefficient (Wildman–Crippen LogP) is 2.83. The monoisotopic (exact) mass is 274 g/mol. The number of nitrogens with zero attached hydrogens (tertiary/aromatic N) is 2. The lowest BCUT2D eigenvalue weighted by Crippen LogP contribution is -2.07. The number of hydrogen-bond donors (Lipinski definition) is 0. The summed E-state index contributed by atoms with van der Waals surface area (Å²) in [5.41, 5.74) is 1.57. The van der Waals surface area contributed by atoms with Crippen LogP contribution in [0.3, 0.4) is 0 Å². The van der Waals surface area contributed by atoms with Gasteiger partial charge in [0.05, 0.1) is 6.61 Å². The Morgan fingerprint density at radius 3 is 2.65 bits per heavy atom. The van der Waals surface area contributed by atoms with Gasteiger partial charge in [-0.25, -0.2) is 9.97 Å². The standard InChI is InChI=1S/C15H18N2O3/c1-4-20-12-7-5-6-11(10-12)14-16-9-8-13(17-14)15(18-2)19-3/h5-10,15H,4H2,1-3H3. The first-order valence-corrected chi connectivity index (χ1v) is 6.40. The zero-order valence-corrected chi connectivity index (χ0v) is 11.9. The van der Waals surface area contributed by atoms with Gasteiger partial charge in [-0.1, -0.05) is 12.1 Å². The average molecular weight is 274 g/mol. The number of benzene rings is 1. The summed E-state index contributed by atoms with van der Waals surface area (Å²) in [6.07, 6.45) is 1.20. The van der Waals surface area contributed by atoms with E-state index in [0.29, 0.717) is 18.1 Å². The van der Waals surface area contributed by atoms with Crippen LogP contribution >= 0.6 is 0 Å². The fourth-order valence-corrected chi connectivity index (χ4v) is 1.87. The van der Waals surface area contributed by atoms with Gasteiger partial charge in [0.15, 0.2) is 5.82 Å². The fraction of sp³-hybridized carbons (Fsp3) is 0.333. The normalized spacial score (nSPS) is 10.8. The summed E-state index contributed by atoms with van der Waals surface area (Å²) in [5, 5.41) is 0. The van der Waals surface area contributed by atoms with Crippen LogP contribution in [-0.2, 0) is 9.47 Å². The molecule has 106 valence electrons. The van der Waals surface area contributed by atoms with Crippen molar-refractivity contribution >= 4 is 0 Å². The highest BCUT2D eigenvalue weighted by molar-refractivity contribution is 5.57. The molecule has 5 nitrogen and oxygen atoms in total. The molecule has 0 amide bonds. The molecule has 2 aromatic rings. The van der Waals surface area contributed by atoms with E-state index in [2.05, 4.69) is 9.97 Å². The average Bonchev–Trinajstić information content (AvgIpc) is 2.50. The Kier molecular flexibility index (Phi) is 5.03. The van der Waals surface area contributed by atoms with E-state index in [1.165, 1.54) is 0 Å². The molecule has 1 aromatic heterocycles. The Morgan fingerprint density at radius 1 is 1.15 bits per heavy atom. The molecule has 0 N–H and O–H groups in total. The zero-order valence-electron chi connectivity index (χ0n) is 11.9. The van der Waals surface area contributed by atoms with Crippen LogP contribution in [0, 0.1) is 0 Å². The Hall–Kier alpha value is -1.98. The Morgan fingerprint density at radius 2 is 1.95 bits per heavy atom. The van der Waals surface area contributed by atoms with Crippen molar-refractivity contribution in [1.82, 2.24) is 9.97 Å². The molecule has 2 rings (SSSR count). The number of hydrogen-bond acceptors (Lipinski definition) is 5. The SMILES string of the molecule is CCOc1cccc(-c2nccc(C(OC)OC)n2)c1. The summed E-state index contributed by atoms with van der Waals surface area (Å²) in [6, 6.07) is 9.45. The van der Waals surface area contributed by atoms with E-state index in [0.717, 1.165) is 11.3 Å². The van der Waals surface area contributed by atoms with Crippen LogP contribution < -0.4 is 4.74 Å². The smallest absolute Gasteiger partial charge is 0.200 e. The number of ether oxygens (including phenoxy) is 3. The lowest BCUT2D eigenvalue weighted by molar-refractivity contribution is -0.108. The van der Waals surface area contributed by atoms with Crippen molar-refractivity contribution in [2.75, 3.05) is 20.8 Å². The van der Waals surface area contributed by atoms with Crippen molar-refractivity contribution in [3.63, 3.8) is 0 Å². The fourth-order valence-electron chi connectivity index (χ4n) is 1.87.